The smallest absolute Gasteiger partial charge is 0.243 e. The Morgan fingerprint density at radius 2 is 1.89 bits per heavy atom. The minimum Gasteiger partial charge on any atom is -0.294 e. The van der Waals surface area contributed by atoms with Crippen LogP contribution in [0.5, 0.6) is 0 Å². The van der Waals surface area contributed by atoms with Crippen LogP contribution in [0.2, 0.25) is 5.15 Å². The SMILES string of the molecule is C=CCN1C[C@@H](C)N(S(=O)(=O)c2cc(-c3ccnc(Cl)c3)ccc2C)C[C@@H]1C. The number of benzene rings is 1. The van der Waals surface area contributed by atoms with E-state index in [2.05, 4.69) is 23.4 Å². The van der Waals surface area contributed by atoms with Crippen LogP contribution in [0.4, 0.5) is 0 Å². The third-order valence-corrected chi connectivity index (χ3v) is 7.58. The number of hydrogen-bond donors (Lipinski definition) is 0. The Kier molecular flexibility index (Phi) is 6.25. The maximum atomic E-state index is 13.5. The highest BCUT2D eigenvalue weighted by molar-refractivity contribution is 7.89. The second-order valence-corrected chi connectivity index (χ2v) is 9.61. The van der Waals surface area contributed by atoms with Gasteiger partial charge in [-0.2, -0.15) is 4.31 Å². The summed E-state index contributed by atoms with van der Waals surface area (Å²) in [5, 5.41) is 0.378. The van der Waals surface area contributed by atoms with Crippen molar-refractivity contribution in [1.82, 2.24) is 14.2 Å². The highest BCUT2D eigenvalue weighted by Crippen LogP contribution is 2.30. The first kappa shape index (κ1) is 21.0. The number of piperazine rings is 1. The lowest BCUT2D eigenvalue weighted by Crippen LogP contribution is -2.57. The molecule has 1 aliphatic rings. The van der Waals surface area contributed by atoms with Gasteiger partial charge in [0.1, 0.15) is 5.15 Å². The molecule has 0 spiro atoms. The molecule has 2 atom stereocenters. The highest BCUT2D eigenvalue weighted by atomic mass is 35.5. The Morgan fingerprint density at radius 1 is 1.18 bits per heavy atom. The largest absolute Gasteiger partial charge is 0.294 e. The Hall–Kier alpha value is -1.73. The van der Waals surface area contributed by atoms with Crippen LogP contribution in [-0.2, 0) is 10.0 Å². The molecule has 1 saturated heterocycles. The fraction of sp³-hybridized carbons (Fsp3) is 0.381. The molecule has 1 fully saturated rings. The van der Waals surface area contributed by atoms with Crippen LogP contribution >= 0.6 is 11.6 Å². The third kappa shape index (κ3) is 4.15. The predicted molar refractivity (Wildman–Crippen MR) is 114 cm³/mol. The van der Waals surface area contributed by atoms with Crippen molar-refractivity contribution < 1.29 is 8.42 Å². The number of aryl methyl sites for hydroxylation is 1. The molecule has 7 heteroatoms. The number of nitrogens with zero attached hydrogens (tertiary/aromatic N) is 3. The number of aromatic nitrogens is 1. The quantitative estimate of drug-likeness (QED) is 0.543. The molecule has 1 aliphatic heterocycles. The molecule has 0 saturated carbocycles. The number of halogens is 1. The molecule has 0 N–H and O–H groups in total. The van der Waals surface area contributed by atoms with Gasteiger partial charge in [0.25, 0.3) is 0 Å². The summed E-state index contributed by atoms with van der Waals surface area (Å²) in [6, 6.07) is 9.08. The van der Waals surface area contributed by atoms with Crippen molar-refractivity contribution in [1.29, 1.82) is 0 Å². The van der Waals surface area contributed by atoms with E-state index in [1.807, 2.05) is 38.1 Å². The van der Waals surface area contributed by atoms with Gasteiger partial charge in [-0.05, 0) is 55.7 Å². The summed E-state index contributed by atoms with van der Waals surface area (Å²) in [7, 11) is -3.62. The Labute approximate surface area is 172 Å². The summed E-state index contributed by atoms with van der Waals surface area (Å²) in [5.41, 5.74) is 2.38. The predicted octanol–water partition coefficient (Wildman–Crippen LogP) is 3.98. The first-order chi connectivity index (χ1) is 13.2. The molecule has 0 radical (unpaired) electrons. The Balaban J connectivity index is 1.98. The topological polar surface area (TPSA) is 53.5 Å². The van der Waals surface area contributed by atoms with Crippen LogP contribution in [0.15, 0.2) is 54.1 Å². The van der Waals surface area contributed by atoms with E-state index >= 15 is 0 Å². The number of pyridine rings is 1. The van der Waals surface area contributed by atoms with E-state index in [0.29, 0.717) is 23.1 Å². The molecule has 1 aromatic heterocycles. The number of hydrogen-bond acceptors (Lipinski definition) is 4. The normalized spacial score (nSPS) is 21.6. The van der Waals surface area contributed by atoms with Gasteiger partial charge in [-0.3, -0.25) is 4.90 Å². The molecule has 5 nitrogen and oxygen atoms in total. The molecule has 0 unspecified atom stereocenters. The molecule has 0 amide bonds. The molecule has 2 aromatic rings. The van der Waals surface area contributed by atoms with E-state index in [0.717, 1.165) is 23.2 Å². The van der Waals surface area contributed by atoms with E-state index in [4.69, 9.17) is 11.6 Å². The van der Waals surface area contributed by atoms with E-state index in [1.165, 1.54) is 0 Å². The molecule has 1 aromatic carbocycles. The molecule has 2 heterocycles. The van der Waals surface area contributed by atoms with Gasteiger partial charge in [-0.25, -0.2) is 13.4 Å². The molecule has 0 aliphatic carbocycles. The molecule has 0 bridgehead atoms. The van der Waals surface area contributed by atoms with Gasteiger partial charge in [0.15, 0.2) is 0 Å². The summed E-state index contributed by atoms with van der Waals surface area (Å²) in [5.74, 6) is 0. The van der Waals surface area contributed by atoms with E-state index in [9.17, 15) is 8.42 Å². The highest BCUT2D eigenvalue weighted by Gasteiger charge is 2.37. The van der Waals surface area contributed by atoms with Crippen molar-refractivity contribution in [3.8, 4) is 11.1 Å². The minimum absolute atomic E-state index is 0.112. The summed E-state index contributed by atoms with van der Waals surface area (Å²) < 4.78 is 28.7. The first-order valence-electron chi connectivity index (χ1n) is 9.33. The minimum atomic E-state index is -3.62. The average molecular weight is 420 g/mol. The van der Waals surface area contributed by atoms with Gasteiger partial charge in [0.2, 0.25) is 10.0 Å². The molecular formula is C21H26ClN3O2S. The fourth-order valence-electron chi connectivity index (χ4n) is 3.69. The van der Waals surface area contributed by atoms with Crippen LogP contribution in [0, 0.1) is 6.92 Å². The van der Waals surface area contributed by atoms with Gasteiger partial charge in [0.05, 0.1) is 4.90 Å². The summed E-state index contributed by atoms with van der Waals surface area (Å²) in [4.78, 5) is 6.59. The Morgan fingerprint density at radius 3 is 2.57 bits per heavy atom. The van der Waals surface area contributed by atoms with Crippen molar-refractivity contribution in [3.05, 3.63) is 59.9 Å². The van der Waals surface area contributed by atoms with E-state index in [-0.39, 0.29) is 12.1 Å². The van der Waals surface area contributed by atoms with Crippen LogP contribution in [0.1, 0.15) is 19.4 Å². The second kappa shape index (κ2) is 8.33. The zero-order valence-electron chi connectivity index (χ0n) is 16.5. The van der Waals surface area contributed by atoms with E-state index < -0.39 is 10.0 Å². The zero-order valence-corrected chi connectivity index (χ0v) is 18.0. The zero-order chi connectivity index (χ0) is 20.5. The number of rotatable bonds is 5. The van der Waals surface area contributed by atoms with Crippen LogP contribution in [-0.4, -0.2) is 54.3 Å². The maximum absolute atomic E-state index is 13.5. The molecule has 150 valence electrons. The Bertz CT molecular complexity index is 977. The van der Waals surface area contributed by atoms with Gasteiger partial charge >= 0.3 is 0 Å². The first-order valence-corrected chi connectivity index (χ1v) is 11.1. The summed E-state index contributed by atoms with van der Waals surface area (Å²) >= 11 is 6.00. The van der Waals surface area contributed by atoms with Crippen molar-refractivity contribution in [2.75, 3.05) is 19.6 Å². The molecule has 3 rings (SSSR count). The number of sulfonamides is 1. The standard InChI is InChI=1S/C21H26ClN3O2S/c1-5-10-24-13-17(4)25(14-16(24)3)28(26,27)20-11-18(7-6-15(20)2)19-8-9-23-21(22)12-19/h5-9,11-12,16-17H,1,10,13-14H2,2-4H3/t16-,17+/m0/s1. The molecular weight excluding hydrogens is 394 g/mol. The van der Waals surface area contributed by atoms with Crippen molar-refractivity contribution in [2.24, 2.45) is 0 Å². The lowest BCUT2D eigenvalue weighted by Gasteiger charge is -2.43. The van der Waals surface area contributed by atoms with Gasteiger partial charge in [-0.1, -0.05) is 29.8 Å². The monoisotopic (exact) mass is 419 g/mol. The summed E-state index contributed by atoms with van der Waals surface area (Å²) in [6.45, 7) is 11.6. The second-order valence-electron chi connectivity index (χ2n) is 7.36. The lowest BCUT2D eigenvalue weighted by molar-refractivity contribution is 0.104. The summed E-state index contributed by atoms with van der Waals surface area (Å²) in [6.07, 6.45) is 3.48. The fourth-order valence-corrected chi connectivity index (χ4v) is 5.82. The third-order valence-electron chi connectivity index (χ3n) is 5.26. The van der Waals surface area contributed by atoms with Gasteiger partial charge in [0, 0.05) is 37.9 Å². The molecule has 28 heavy (non-hydrogen) atoms. The maximum Gasteiger partial charge on any atom is 0.243 e. The van der Waals surface area contributed by atoms with Crippen molar-refractivity contribution in [3.63, 3.8) is 0 Å². The lowest BCUT2D eigenvalue weighted by atomic mass is 10.1. The van der Waals surface area contributed by atoms with E-state index in [1.54, 1.807) is 22.6 Å². The van der Waals surface area contributed by atoms with Crippen LogP contribution in [0.25, 0.3) is 11.1 Å². The van der Waals surface area contributed by atoms with Crippen LogP contribution < -0.4 is 0 Å². The van der Waals surface area contributed by atoms with Crippen LogP contribution in [0.3, 0.4) is 0 Å². The van der Waals surface area contributed by atoms with Crippen molar-refractivity contribution in [2.45, 2.75) is 37.8 Å². The van der Waals surface area contributed by atoms with Gasteiger partial charge in [-0.15, -0.1) is 6.58 Å². The average Bonchev–Trinajstić information content (AvgIpc) is 2.64. The van der Waals surface area contributed by atoms with Gasteiger partial charge < -0.3 is 0 Å². The van der Waals surface area contributed by atoms with Crippen molar-refractivity contribution >= 4 is 21.6 Å².